The maximum Gasteiger partial charge on any atom is 0.313 e. The molecule has 20 heavy (non-hydrogen) atoms. The third-order valence-electron chi connectivity index (χ3n) is 2.54. The van der Waals surface area contributed by atoms with Crippen LogP contribution >= 0.6 is 23.1 Å². The van der Waals surface area contributed by atoms with Crippen LogP contribution in [0, 0.1) is 0 Å². The molecule has 0 aliphatic heterocycles. The van der Waals surface area contributed by atoms with Gasteiger partial charge in [0.15, 0.2) is 5.16 Å². The number of nitrogens with one attached hydrogen (secondary N) is 1. The highest BCUT2D eigenvalue weighted by atomic mass is 32.2. The molecule has 0 saturated heterocycles. The third kappa shape index (κ3) is 2.35. The van der Waals surface area contributed by atoms with E-state index in [0.29, 0.717) is 26.7 Å². The third-order valence-corrected chi connectivity index (χ3v) is 4.27. The summed E-state index contributed by atoms with van der Waals surface area (Å²) in [6.07, 6.45) is 1.54. The number of thioether (sulfide) groups is 1. The molecule has 102 valence electrons. The van der Waals surface area contributed by atoms with Crippen molar-refractivity contribution in [3.63, 3.8) is 0 Å². The Labute approximate surface area is 120 Å². The number of H-pyrrole nitrogens is 1. The summed E-state index contributed by atoms with van der Waals surface area (Å²) in [5, 5.41) is 11.2. The largest absolute Gasteiger partial charge is 0.481 e. The van der Waals surface area contributed by atoms with Gasteiger partial charge in [0.2, 0.25) is 0 Å². The lowest BCUT2D eigenvalue weighted by Gasteiger charge is -1.99. The summed E-state index contributed by atoms with van der Waals surface area (Å²) < 4.78 is 5.29. The number of nitrogens with zero attached hydrogens (tertiary/aromatic N) is 1. The van der Waals surface area contributed by atoms with Crippen molar-refractivity contribution in [3.05, 3.63) is 34.1 Å². The minimum absolute atomic E-state index is 0.148. The Morgan fingerprint density at radius 2 is 2.40 bits per heavy atom. The van der Waals surface area contributed by atoms with E-state index in [-0.39, 0.29) is 11.3 Å². The number of rotatable bonds is 4. The fraction of sp³-hybridized carbons (Fsp3) is 0.0833. The zero-order chi connectivity index (χ0) is 14.1. The molecule has 0 unspecified atom stereocenters. The van der Waals surface area contributed by atoms with Gasteiger partial charge in [-0.05, 0) is 12.1 Å². The van der Waals surface area contributed by atoms with Crippen molar-refractivity contribution in [1.82, 2.24) is 9.97 Å². The van der Waals surface area contributed by atoms with Gasteiger partial charge in [0.25, 0.3) is 5.56 Å². The van der Waals surface area contributed by atoms with Crippen LogP contribution in [-0.2, 0) is 4.79 Å². The predicted octanol–water partition coefficient (Wildman–Crippen LogP) is 2.42. The number of hydrogen-bond acceptors (Lipinski definition) is 6. The highest BCUT2D eigenvalue weighted by Crippen LogP contribution is 2.31. The van der Waals surface area contributed by atoms with E-state index in [0.717, 1.165) is 11.8 Å². The Balaban J connectivity index is 2.07. The summed E-state index contributed by atoms with van der Waals surface area (Å²) in [6.45, 7) is 0. The summed E-state index contributed by atoms with van der Waals surface area (Å²) in [6, 6.07) is 3.52. The second-order valence-electron chi connectivity index (χ2n) is 3.86. The van der Waals surface area contributed by atoms with Crippen molar-refractivity contribution in [2.75, 3.05) is 5.75 Å². The van der Waals surface area contributed by atoms with Crippen LogP contribution in [0.5, 0.6) is 0 Å². The van der Waals surface area contributed by atoms with Crippen LogP contribution in [0.15, 0.2) is 38.1 Å². The van der Waals surface area contributed by atoms with Gasteiger partial charge in [0.05, 0.1) is 17.4 Å². The van der Waals surface area contributed by atoms with Gasteiger partial charge in [-0.2, -0.15) is 0 Å². The molecule has 0 aromatic carbocycles. The maximum atomic E-state index is 12.1. The predicted molar refractivity (Wildman–Crippen MR) is 76.3 cm³/mol. The van der Waals surface area contributed by atoms with E-state index in [9.17, 15) is 9.59 Å². The fourth-order valence-electron chi connectivity index (χ4n) is 1.74. The van der Waals surface area contributed by atoms with E-state index in [2.05, 4.69) is 9.97 Å². The van der Waals surface area contributed by atoms with Gasteiger partial charge < -0.3 is 14.5 Å². The molecule has 3 aromatic rings. The first-order valence-electron chi connectivity index (χ1n) is 5.55. The molecule has 0 spiro atoms. The van der Waals surface area contributed by atoms with Crippen molar-refractivity contribution < 1.29 is 14.3 Å². The van der Waals surface area contributed by atoms with Gasteiger partial charge in [-0.3, -0.25) is 9.59 Å². The molecular weight excluding hydrogens is 300 g/mol. The lowest BCUT2D eigenvalue weighted by atomic mass is 10.2. The number of carbonyl (C=O) groups is 1. The zero-order valence-electron chi connectivity index (χ0n) is 9.95. The molecule has 0 radical (unpaired) electrons. The highest BCUT2D eigenvalue weighted by molar-refractivity contribution is 7.99. The SMILES string of the molecule is O=C(O)CSc1nc2scc(-c3ccco3)c2c(=O)[nH]1. The highest BCUT2D eigenvalue weighted by Gasteiger charge is 2.15. The lowest BCUT2D eigenvalue weighted by molar-refractivity contribution is -0.133. The van der Waals surface area contributed by atoms with Gasteiger partial charge in [-0.25, -0.2) is 4.98 Å². The lowest BCUT2D eigenvalue weighted by Crippen LogP contribution is -2.09. The fourth-order valence-corrected chi connectivity index (χ4v) is 3.31. The van der Waals surface area contributed by atoms with Crippen LogP contribution in [0.2, 0.25) is 0 Å². The first-order valence-corrected chi connectivity index (χ1v) is 7.41. The van der Waals surface area contributed by atoms with Crippen molar-refractivity contribution in [3.8, 4) is 11.3 Å². The van der Waals surface area contributed by atoms with Gasteiger partial charge in [0.1, 0.15) is 10.6 Å². The maximum absolute atomic E-state index is 12.1. The Kier molecular flexibility index (Phi) is 3.33. The summed E-state index contributed by atoms with van der Waals surface area (Å²) in [5.41, 5.74) is 0.397. The number of fused-ring (bicyclic) bond motifs is 1. The number of furan rings is 1. The molecule has 3 rings (SSSR count). The summed E-state index contributed by atoms with van der Waals surface area (Å²) in [7, 11) is 0. The molecule has 0 fully saturated rings. The first kappa shape index (κ1) is 12.9. The summed E-state index contributed by atoms with van der Waals surface area (Å²) in [4.78, 5) is 30.1. The number of aromatic amines is 1. The average molecular weight is 308 g/mol. The first-order chi connectivity index (χ1) is 9.65. The van der Waals surface area contributed by atoms with Crippen LogP contribution in [0.25, 0.3) is 21.5 Å². The molecule has 2 N–H and O–H groups in total. The monoisotopic (exact) mass is 308 g/mol. The Hall–Kier alpha value is -2.06. The molecule has 3 aromatic heterocycles. The summed E-state index contributed by atoms with van der Waals surface area (Å²) in [5.74, 6) is -0.500. The van der Waals surface area contributed by atoms with Crippen LogP contribution in [0.3, 0.4) is 0 Å². The van der Waals surface area contributed by atoms with Crippen molar-refractivity contribution >= 4 is 39.3 Å². The number of aromatic nitrogens is 2. The van der Waals surface area contributed by atoms with Crippen LogP contribution in [-0.4, -0.2) is 26.8 Å². The molecule has 0 aliphatic carbocycles. The van der Waals surface area contributed by atoms with Crippen molar-refractivity contribution in [2.45, 2.75) is 5.16 Å². The van der Waals surface area contributed by atoms with E-state index in [1.807, 2.05) is 0 Å². The number of carboxylic acid groups (broad SMARTS) is 1. The molecule has 6 nitrogen and oxygen atoms in total. The zero-order valence-corrected chi connectivity index (χ0v) is 11.6. The number of carboxylic acids is 1. The van der Waals surface area contributed by atoms with Crippen LogP contribution < -0.4 is 5.56 Å². The van der Waals surface area contributed by atoms with Crippen molar-refractivity contribution in [2.24, 2.45) is 0 Å². The molecule has 3 heterocycles. The van der Waals surface area contributed by atoms with E-state index in [4.69, 9.17) is 9.52 Å². The minimum atomic E-state index is -0.958. The quantitative estimate of drug-likeness (QED) is 0.567. The van der Waals surface area contributed by atoms with Crippen LogP contribution in [0.1, 0.15) is 0 Å². The van der Waals surface area contributed by atoms with E-state index >= 15 is 0 Å². The molecular formula is C12H8N2O4S2. The average Bonchev–Trinajstić information content (AvgIpc) is 3.04. The number of aliphatic carboxylic acids is 1. The van der Waals surface area contributed by atoms with E-state index in [1.165, 1.54) is 17.6 Å². The smallest absolute Gasteiger partial charge is 0.313 e. The second-order valence-corrected chi connectivity index (χ2v) is 5.68. The molecule has 0 amide bonds. The van der Waals surface area contributed by atoms with Gasteiger partial charge in [0, 0.05) is 10.9 Å². The Morgan fingerprint density at radius 3 is 3.10 bits per heavy atom. The standard InChI is InChI=1S/C12H8N2O4S2/c15-8(16)5-20-12-13-10(17)9-6(4-19-11(9)14-12)7-2-1-3-18-7/h1-4H,5H2,(H,15,16)(H,13,14,17). The van der Waals surface area contributed by atoms with E-state index < -0.39 is 5.97 Å². The Morgan fingerprint density at radius 1 is 1.55 bits per heavy atom. The van der Waals surface area contributed by atoms with Gasteiger partial charge in [-0.15, -0.1) is 11.3 Å². The minimum Gasteiger partial charge on any atom is -0.481 e. The number of thiophene rings is 1. The molecule has 8 heteroatoms. The van der Waals surface area contributed by atoms with Crippen LogP contribution in [0.4, 0.5) is 0 Å². The topological polar surface area (TPSA) is 96.2 Å². The molecule has 0 aliphatic rings. The summed E-state index contributed by atoms with van der Waals surface area (Å²) >= 11 is 2.30. The van der Waals surface area contributed by atoms with E-state index in [1.54, 1.807) is 17.5 Å². The Bertz CT molecular complexity index is 820. The molecule has 0 atom stereocenters. The molecule has 0 saturated carbocycles. The number of hydrogen-bond donors (Lipinski definition) is 2. The van der Waals surface area contributed by atoms with Crippen molar-refractivity contribution in [1.29, 1.82) is 0 Å². The van der Waals surface area contributed by atoms with Gasteiger partial charge in [-0.1, -0.05) is 11.8 Å². The molecule has 0 bridgehead atoms. The normalized spacial score (nSPS) is 11.0. The second kappa shape index (κ2) is 5.14. The van der Waals surface area contributed by atoms with Gasteiger partial charge >= 0.3 is 5.97 Å².